The van der Waals surface area contributed by atoms with Crippen LogP contribution in [0.15, 0.2) is 69.9 Å². The van der Waals surface area contributed by atoms with Crippen molar-refractivity contribution in [3.05, 3.63) is 76.6 Å². The molecule has 0 unspecified atom stereocenters. The summed E-state index contributed by atoms with van der Waals surface area (Å²) in [6.45, 7) is 6.92. The van der Waals surface area contributed by atoms with Gasteiger partial charge in [-0.25, -0.2) is 9.78 Å². The number of nitrogens with zero attached hydrogens (tertiary/aromatic N) is 3. The molecule has 1 amide bonds. The van der Waals surface area contributed by atoms with E-state index in [0.717, 1.165) is 33.9 Å². The van der Waals surface area contributed by atoms with Gasteiger partial charge < -0.3 is 14.1 Å². The lowest BCUT2D eigenvalue weighted by Crippen LogP contribution is -2.40. The van der Waals surface area contributed by atoms with Crippen LogP contribution < -0.4 is 15.3 Å². The molecule has 8 heteroatoms. The number of aromatic nitrogens is 1. The zero-order valence-corrected chi connectivity index (χ0v) is 21.3. The lowest BCUT2D eigenvalue weighted by molar-refractivity contribution is 0.0980. The normalized spacial score (nSPS) is 11.6. The number of rotatable bonds is 8. The maximum Gasteiger partial charge on any atom is 0.349 e. The van der Waals surface area contributed by atoms with Gasteiger partial charge in [0.05, 0.1) is 11.8 Å². The highest BCUT2D eigenvalue weighted by atomic mass is 32.1. The highest BCUT2D eigenvalue weighted by Gasteiger charge is 2.26. The number of likely N-dealkylation sites (N-methyl/N-ethyl adjacent to an activating group) is 1. The zero-order chi connectivity index (χ0) is 25.2. The summed E-state index contributed by atoms with van der Waals surface area (Å²) in [5, 5.41) is 3.18. The van der Waals surface area contributed by atoms with Gasteiger partial charge in [0.15, 0.2) is 5.13 Å². The highest BCUT2D eigenvalue weighted by Crippen LogP contribution is 2.35. The second kappa shape index (κ2) is 10.1. The lowest BCUT2D eigenvalue weighted by atomic mass is 10.0. The summed E-state index contributed by atoms with van der Waals surface area (Å²) < 4.78 is 12.0. The van der Waals surface area contributed by atoms with Gasteiger partial charge in [-0.3, -0.25) is 9.69 Å². The third-order valence-electron chi connectivity index (χ3n) is 6.47. The summed E-state index contributed by atoms with van der Waals surface area (Å²) in [4.78, 5) is 35.5. The minimum atomic E-state index is -0.658. The fraction of sp³-hybridized carbons (Fsp3) is 0.250. The Kier molecular flexibility index (Phi) is 6.71. The maximum atomic E-state index is 13.9. The van der Waals surface area contributed by atoms with Crippen LogP contribution >= 0.6 is 11.3 Å². The van der Waals surface area contributed by atoms with Gasteiger partial charge in [-0.15, -0.1) is 0 Å². The van der Waals surface area contributed by atoms with Crippen molar-refractivity contribution in [2.75, 3.05) is 38.2 Å². The molecule has 0 radical (unpaired) electrons. The summed E-state index contributed by atoms with van der Waals surface area (Å²) >= 11 is 1.40. The largest absolute Gasteiger partial charge is 0.494 e. The van der Waals surface area contributed by atoms with Gasteiger partial charge in [0.25, 0.3) is 5.91 Å². The molecule has 2 heterocycles. The van der Waals surface area contributed by atoms with Gasteiger partial charge in [-0.2, -0.15) is 0 Å². The minimum absolute atomic E-state index is 0.00961. The lowest BCUT2D eigenvalue weighted by Gasteiger charge is -2.24. The second-order valence-electron chi connectivity index (χ2n) is 8.43. The van der Waals surface area contributed by atoms with Gasteiger partial charge in [-0.1, -0.05) is 61.6 Å². The number of hydrogen-bond acceptors (Lipinski definition) is 7. The molecular weight excluding hydrogens is 474 g/mol. The highest BCUT2D eigenvalue weighted by molar-refractivity contribution is 7.22. The number of hydrogen-bond donors (Lipinski definition) is 0. The quantitative estimate of drug-likeness (QED) is 0.205. The van der Waals surface area contributed by atoms with Crippen LogP contribution in [-0.4, -0.2) is 49.1 Å². The predicted molar refractivity (Wildman–Crippen MR) is 146 cm³/mol. The standard InChI is InChI=1S/C28H27N3O4S/c1-4-30(5-2)15-16-31(28-29-25-23(34-3)11-8-12-24(25)36-28)26(32)21-17-20-19-10-7-6-9-18(19)13-14-22(20)35-27(21)33/h6-14,17H,4-5,15-16H2,1-3H3. The number of carbonyl (C=O) groups excluding carboxylic acids is 1. The number of carbonyl (C=O) groups is 1. The molecule has 0 saturated heterocycles. The average molecular weight is 502 g/mol. The summed E-state index contributed by atoms with van der Waals surface area (Å²) in [6, 6.07) is 18.9. The molecule has 0 spiro atoms. The van der Waals surface area contributed by atoms with E-state index in [1.54, 1.807) is 24.1 Å². The van der Waals surface area contributed by atoms with Crippen LogP contribution in [-0.2, 0) is 0 Å². The SMILES string of the molecule is CCN(CC)CCN(C(=O)c1cc2c(ccc3ccccc32)oc1=O)c1nc2c(OC)cccc2s1. The molecule has 184 valence electrons. The molecule has 0 fully saturated rings. The Bertz CT molecular complexity index is 1620. The number of fused-ring (bicyclic) bond motifs is 4. The first-order valence-electron chi connectivity index (χ1n) is 12.0. The van der Waals surface area contributed by atoms with Crippen LogP contribution in [0.2, 0.25) is 0 Å². The fourth-order valence-corrected chi connectivity index (χ4v) is 5.43. The third kappa shape index (κ3) is 4.34. The maximum absolute atomic E-state index is 13.9. The molecule has 5 rings (SSSR count). The van der Waals surface area contributed by atoms with Crippen molar-refractivity contribution in [1.82, 2.24) is 9.88 Å². The summed E-state index contributed by atoms with van der Waals surface area (Å²) in [6.07, 6.45) is 0. The number of methoxy groups -OCH3 is 1. The molecule has 0 saturated carbocycles. The van der Waals surface area contributed by atoms with Crippen LogP contribution in [0.5, 0.6) is 5.75 Å². The first-order chi connectivity index (χ1) is 17.5. The second-order valence-corrected chi connectivity index (χ2v) is 9.44. The van der Waals surface area contributed by atoms with E-state index in [4.69, 9.17) is 14.1 Å². The van der Waals surface area contributed by atoms with Crippen LogP contribution in [0.4, 0.5) is 5.13 Å². The number of benzene rings is 3. The number of thiazole rings is 1. The minimum Gasteiger partial charge on any atom is -0.494 e. The molecule has 5 aromatic rings. The number of anilines is 1. The Labute approximate surface area is 212 Å². The Morgan fingerprint density at radius 2 is 1.81 bits per heavy atom. The van der Waals surface area contributed by atoms with Gasteiger partial charge in [-0.05, 0) is 48.1 Å². The van der Waals surface area contributed by atoms with Crippen molar-refractivity contribution in [1.29, 1.82) is 0 Å². The van der Waals surface area contributed by atoms with Crippen molar-refractivity contribution in [2.24, 2.45) is 0 Å². The molecule has 0 atom stereocenters. The molecule has 2 aromatic heterocycles. The first-order valence-corrected chi connectivity index (χ1v) is 12.8. The monoisotopic (exact) mass is 501 g/mol. The van der Waals surface area contributed by atoms with E-state index in [0.29, 0.717) is 35.1 Å². The smallest absolute Gasteiger partial charge is 0.349 e. The third-order valence-corrected chi connectivity index (χ3v) is 7.52. The van der Waals surface area contributed by atoms with Crippen LogP contribution in [0.25, 0.3) is 32.0 Å². The molecule has 0 bridgehead atoms. The van der Waals surface area contributed by atoms with E-state index in [-0.39, 0.29) is 5.56 Å². The van der Waals surface area contributed by atoms with Crippen LogP contribution in [0, 0.1) is 0 Å². The van der Waals surface area contributed by atoms with Crippen molar-refractivity contribution in [3.63, 3.8) is 0 Å². The number of amides is 1. The first kappa shape index (κ1) is 24.0. The average Bonchev–Trinajstić information content (AvgIpc) is 3.34. The van der Waals surface area contributed by atoms with Gasteiger partial charge in [0.1, 0.15) is 22.4 Å². The van der Waals surface area contributed by atoms with E-state index in [9.17, 15) is 9.59 Å². The number of ether oxygens (including phenoxy) is 1. The van der Waals surface area contributed by atoms with Gasteiger partial charge in [0, 0.05) is 18.5 Å². The van der Waals surface area contributed by atoms with E-state index >= 15 is 0 Å². The molecule has 0 aliphatic rings. The van der Waals surface area contributed by atoms with Crippen molar-refractivity contribution in [2.45, 2.75) is 13.8 Å². The van der Waals surface area contributed by atoms with Crippen molar-refractivity contribution >= 4 is 54.3 Å². The molecule has 7 nitrogen and oxygen atoms in total. The molecular formula is C28H27N3O4S. The van der Waals surface area contributed by atoms with E-state index in [1.165, 1.54) is 11.3 Å². The Hall–Kier alpha value is -3.75. The molecule has 3 aromatic carbocycles. The van der Waals surface area contributed by atoms with E-state index < -0.39 is 11.5 Å². The van der Waals surface area contributed by atoms with Crippen molar-refractivity contribution < 1.29 is 13.9 Å². The topological polar surface area (TPSA) is 75.9 Å². The summed E-state index contributed by atoms with van der Waals surface area (Å²) in [7, 11) is 1.60. The Balaban J connectivity index is 1.63. The van der Waals surface area contributed by atoms with E-state index in [1.807, 2.05) is 48.5 Å². The number of para-hydroxylation sites is 1. The summed E-state index contributed by atoms with van der Waals surface area (Å²) in [5.74, 6) is 0.214. The van der Waals surface area contributed by atoms with E-state index in [2.05, 4.69) is 18.7 Å². The van der Waals surface area contributed by atoms with Crippen LogP contribution in [0.1, 0.15) is 24.2 Å². The Morgan fingerprint density at radius 3 is 2.58 bits per heavy atom. The predicted octanol–water partition coefficient (Wildman–Crippen LogP) is 5.55. The fourth-order valence-electron chi connectivity index (χ4n) is 4.42. The van der Waals surface area contributed by atoms with Gasteiger partial charge in [0.2, 0.25) is 0 Å². The van der Waals surface area contributed by atoms with Crippen molar-refractivity contribution in [3.8, 4) is 5.75 Å². The molecule has 36 heavy (non-hydrogen) atoms. The molecule has 0 aliphatic heterocycles. The molecule has 0 N–H and O–H groups in total. The Morgan fingerprint density at radius 1 is 1.00 bits per heavy atom. The van der Waals surface area contributed by atoms with Crippen LogP contribution in [0.3, 0.4) is 0 Å². The zero-order valence-electron chi connectivity index (χ0n) is 20.5. The van der Waals surface area contributed by atoms with Gasteiger partial charge >= 0.3 is 5.63 Å². The molecule has 0 aliphatic carbocycles. The summed E-state index contributed by atoms with van der Waals surface area (Å²) in [5.41, 5.74) is 0.478.